The number of fused-ring (bicyclic) bond motifs is 1. The van der Waals surface area contributed by atoms with Crippen LogP contribution in [0, 0.1) is 5.41 Å². The first-order chi connectivity index (χ1) is 17.5. The molecule has 3 aromatic carbocycles. The van der Waals surface area contributed by atoms with Gasteiger partial charge in [0.2, 0.25) is 5.17 Å². The molecule has 0 atom stereocenters. The number of nitrogens with one attached hydrogen (secondary N) is 1. The lowest BCUT2D eigenvalue weighted by Gasteiger charge is -2.20. The molecule has 3 aromatic rings. The molecule has 2 aliphatic heterocycles. The van der Waals surface area contributed by atoms with Crippen LogP contribution in [0.5, 0.6) is 11.5 Å². The van der Waals surface area contributed by atoms with Gasteiger partial charge in [-0.05, 0) is 46.7 Å². The summed E-state index contributed by atoms with van der Waals surface area (Å²) in [5.74, 6) is 0.278. The molecule has 0 fully saturated rings. The fourth-order valence-corrected chi connectivity index (χ4v) is 4.93. The number of thioether (sulfide) groups is 1. The standard InChI is InChI=1S/C27H21ClN4O3S/c1-34-22-14-19(13-21(28)24(22)35-16-18-10-6-3-7-11-18)12-20-25(29)32-27(30-26(20)33)36-23(31-32)15-17-8-4-2-5-9-17/h2-14,29H,15-16H2,1H3/b20-12-,29-25?. The second-order valence-corrected chi connectivity index (χ2v) is 9.43. The average molecular weight is 517 g/mol. The zero-order valence-corrected chi connectivity index (χ0v) is 20.8. The first-order valence-electron chi connectivity index (χ1n) is 11.1. The molecule has 36 heavy (non-hydrogen) atoms. The number of methoxy groups -OCH3 is 1. The predicted molar refractivity (Wildman–Crippen MR) is 144 cm³/mol. The molecule has 0 radical (unpaired) electrons. The Labute approximate surface area is 217 Å². The highest BCUT2D eigenvalue weighted by molar-refractivity contribution is 8.26. The molecule has 0 spiro atoms. The number of amides is 1. The largest absolute Gasteiger partial charge is 0.493 e. The number of rotatable bonds is 7. The smallest absolute Gasteiger partial charge is 0.283 e. The lowest BCUT2D eigenvalue weighted by molar-refractivity contribution is -0.114. The van der Waals surface area contributed by atoms with Crippen LogP contribution in [0.2, 0.25) is 5.02 Å². The fourth-order valence-electron chi connectivity index (χ4n) is 3.73. The normalized spacial score (nSPS) is 16.1. The summed E-state index contributed by atoms with van der Waals surface area (Å²) in [4.78, 5) is 17.0. The van der Waals surface area contributed by atoms with E-state index in [-0.39, 0.29) is 11.4 Å². The van der Waals surface area contributed by atoms with Crippen molar-refractivity contribution in [3.63, 3.8) is 0 Å². The van der Waals surface area contributed by atoms with Crippen molar-refractivity contribution in [3.8, 4) is 11.5 Å². The summed E-state index contributed by atoms with van der Waals surface area (Å²) >= 11 is 7.82. The van der Waals surface area contributed by atoms with Crippen molar-refractivity contribution in [2.24, 2.45) is 10.1 Å². The number of halogens is 1. The Morgan fingerprint density at radius 2 is 1.75 bits per heavy atom. The van der Waals surface area contributed by atoms with Gasteiger partial charge in [-0.1, -0.05) is 72.3 Å². The third-order valence-corrected chi connectivity index (χ3v) is 6.67. The Balaban J connectivity index is 1.38. The van der Waals surface area contributed by atoms with E-state index >= 15 is 0 Å². The molecule has 2 heterocycles. The van der Waals surface area contributed by atoms with Gasteiger partial charge in [-0.3, -0.25) is 10.2 Å². The molecule has 180 valence electrons. The summed E-state index contributed by atoms with van der Waals surface area (Å²) < 4.78 is 11.4. The SMILES string of the molecule is COc1cc(/C=C2/C(=N)N3N=C(Cc4ccccc4)SC3=NC2=O)cc(Cl)c1OCc1ccccc1. The third-order valence-electron chi connectivity index (χ3n) is 5.48. The molecule has 9 heteroatoms. The van der Waals surface area contributed by atoms with E-state index in [1.807, 2.05) is 60.7 Å². The summed E-state index contributed by atoms with van der Waals surface area (Å²) in [6, 6.07) is 23.0. The van der Waals surface area contributed by atoms with Crippen LogP contribution in [0.15, 0.2) is 88.5 Å². The molecule has 0 aliphatic carbocycles. The van der Waals surface area contributed by atoms with Gasteiger partial charge in [0.15, 0.2) is 17.3 Å². The van der Waals surface area contributed by atoms with Gasteiger partial charge in [0, 0.05) is 6.42 Å². The van der Waals surface area contributed by atoms with Crippen LogP contribution >= 0.6 is 23.4 Å². The van der Waals surface area contributed by atoms with Gasteiger partial charge < -0.3 is 9.47 Å². The van der Waals surface area contributed by atoms with E-state index in [0.717, 1.165) is 16.2 Å². The van der Waals surface area contributed by atoms with Crippen molar-refractivity contribution >= 4 is 51.4 Å². The molecule has 7 nitrogen and oxygen atoms in total. The number of nitrogens with zero attached hydrogens (tertiary/aromatic N) is 3. The Bertz CT molecular complexity index is 1420. The first kappa shape index (κ1) is 23.8. The van der Waals surface area contributed by atoms with Crippen LogP contribution in [-0.2, 0) is 17.8 Å². The van der Waals surface area contributed by atoms with Crippen molar-refractivity contribution in [2.45, 2.75) is 13.0 Å². The van der Waals surface area contributed by atoms with Gasteiger partial charge >= 0.3 is 0 Å². The number of hydrogen-bond acceptors (Lipinski definition) is 6. The Morgan fingerprint density at radius 3 is 2.44 bits per heavy atom. The quantitative estimate of drug-likeness (QED) is 0.402. The minimum absolute atomic E-state index is 0.0416. The molecule has 5 rings (SSSR count). The second kappa shape index (κ2) is 10.4. The van der Waals surface area contributed by atoms with E-state index in [9.17, 15) is 4.79 Å². The number of amidine groups is 2. The maximum Gasteiger partial charge on any atom is 0.283 e. The number of carbonyl (C=O) groups excluding carboxylic acids is 1. The van der Waals surface area contributed by atoms with E-state index in [2.05, 4.69) is 10.1 Å². The first-order valence-corrected chi connectivity index (χ1v) is 12.3. The molecule has 0 bridgehead atoms. The lowest BCUT2D eigenvalue weighted by atomic mass is 10.1. The number of benzene rings is 3. The summed E-state index contributed by atoms with van der Waals surface area (Å²) in [7, 11) is 1.52. The van der Waals surface area contributed by atoms with Gasteiger partial charge in [0.25, 0.3) is 5.91 Å². The van der Waals surface area contributed by atoms with E-state index < -0.39 is 5.91 Å². The second-order valence-electron chi connectivity index (χ2n) is 7.98. The molecular formula is C27H21ClN4O3S. The third kappa shape index (κ3) is 5.05. The summed E-state index contributed by atoms with van der Waals surface area (Å²) in [5, 5.41) is 16.0. The van der Waals surface area contributed by atoms with E-state index in [4.69, 9.17) is 26.5 Å². The molecule has 0 aromatic heterocycles. The van der Waals surface area contributed by atoms with Crippen LogP contribution in [0.1, 0.15) is 16.7 Å². The Hall–Kier alpha value is -3.88. The zero-order chi connectivity index (χ0) is 25.1. The van der Waals surface area contributed by atoms with Gasteiger partial charge in [-0.15, -0.1) is 0 Å². The molecule has 1 N–H and O–H groups in total. The molecule has 1 amide bonds. The number of hydrazone groups is 1. The number of hydrogen-bond donors (Lipinski definition) is 1. The van der Waals surface area contributed by atoms with E-state index in [1.165, 1.54) is 23.9 Å². The highest BCUT2D eigenvalue weighted by Gasteiger charge is 2.35. The van der Waals surface area contributed by atoms with Gasteiger partial charge in [0.05, 0.1) is 17.7 Å². The van der Waals surface area contributed by atoms with Crippen molar-refractivity contribution in [1.82, 2.24) is 5.01 Å². The summed E-state index contributed by atoms with van der Waals surface area (Å²) in [6.07, 6.45) is 2.16. The highest BCUT2D eigenvalue weighted by atomic mass is 35.5. The lowest BCUT2D eigenvalue weighted by Crippen LogP contribution is -2.35. The van der Waals surface area contributed by atoms with Crippen molar-refractivity contribution < 1.29 is 14.3 Å². The van der Waals surface area contributed by atoms with Gasteiger partial charge in [-0.2, -0.15) is 15.1 Å². The summed E-state index contributed by atoms with van der Waals surface area (Å²) in [5.41, 5.74) is 2.78. The van der Waals surface area contributed by atoms with Crippen molar-refractivity contribution in [2.75, 3.05) is 7.11 Å². The Kier molecular flexibility index (Phi) is 6.88. The average Bonchev–Trinajstić information content (AvgIpc) is 3.29. The van der Waals surface area contributed by atoms with Gasteiger partial charge in [-0.25, -0.2) is 0 Å². The van der Waals surface area contributed by atoms with Crippen LogP contribution in [-0.4, -0.2) is 34.1 Å². The van der Waals surface area contributed by atoms with Crippen LogP contribution < -0.4 is 9.47 Å². The maximum atomic E-state index is 12.8. The summed E-state index contributed by atoms with van der Waals surface area (Å²) in [6.45, 7) is 0.327. The topological polar surface area (TPSA) is 87.3 Å². The van der Waals surface area contributed by atoms with Crippen LogP contribution in [0.4, 0.5) is 0 Å². The minimum atomic E-state index is -0.505. The Morgan fingerprint density at radius 1 is 1.06 bits per heavy atom. The number of ether oxygens (including phenoxy) is 2. The molecule has 0 saturated carbocycles. The van der Waals surface area contributed by atoms with Crippen LogP contribution in [0.25, 0.3) is 6.08 Å². The van der Waals surface area contributed by atoms with E-state index in [1.54, 1.807) is 18.2 Å². The van der Waals surface area contributed by atoms with Crippen molar-refractivity contribution in [3.05, 3.63) is 100 Å². The highest BCUT2D eigenvalue weighted by Crippen LogP contribution is 2.38. The molecule has 2 aliphatic rings. The minimum Gasteiger partial charge on any atom is -0.493 e. The maximum absolute atomic E-state index is 12.8. The van der Waals surface area contributed by atoms with Crippen LogP contribution in [0.3, 0.4) is 0 Å². The molecule has 0 saturated heterocycles. The van der Waals surface area contributed by atoms with E-state index in [0.29, 0.717) is 40.3 Å². The van der Waals surface area contributed by atoms with Crippen molar-refractivity contribution in [1.29, 1.82) is 5.41 Å². The van der Waals surface area contributed by atoms with Gasteiger partial charge in [0.1, 0.15) is 11.7 Å². The molecular weight excluding hydrogens is 496 g/mol. The number of carbonyl (C=O) groups is 1. The fraction of sp³-hybridized carbons (Fsp3) is 0.111. The predicted octanol–water partition coefficient (Wildman–Crippen LogP) is 5.79. The zero-order valence-electron chi connectivity index (χ0n) is 19.3. The monoisotopic (exact) mass is 516 g/mol. The number of aliphatic imine (C=N–C) groups is 1. The molecule has 0 unspecified atom stereocenters.